The van der Waals surface area contributed by atoms with Crippen molar-refractivity contribution < 1.29 is 22.7 Å². The topological polar surface area (TPSA) is 26.3 Å². The number of hydrogen-bond donors (Lipinski definition) is 0. The summed E-state index contributed by atoms with van der Waals surface area (Å²) in [6.45, 7) is 1.70. The van der Waals surface area contributed by atoms with Crippen molar-refractivity contribution in [2.45, 2.75) is 13.1 Å². The van der Waals surface area contributed by atoms with Crippen LogP contribution < -0.4 is 4.74 Å². The average Bonchev–Trinajstić information content (AvgIpc) is 2.33. The van der Waals surface area contributed by atoms with Crippen LogP contribution in [-0.2, 0) is 4.79 Å². The molecule has 0 atom stereocenters. The van der Waals surface area contributed by atoms with E-state index in [1.165, 1.54) is 6.07 Å². The van der Waals surface area contributed by atoms with Crippen molar-refractivity contribution in [3.8, 4) is 5.06 Å². The number of rotatable bonds is 1. The third kappa shape index (κ3) is 2.73. The zero-order chi connectivity index (χ0) is 10.1. The van der Waals surface area contributed by atoms with E-state index in [1.54, 1.807) is 13.0 Å². The van der Waals surface area contributed by atoms with E-state index in [0.29, 0.717) is 0 Å². The number of aryl methyl sites for hydroxylation is 1. The molecule has 1 aromatic heterocycles. The number of halogens is 3. The highest BCUT2D eigenvalue weighted by Gasteiger charge is 2.41. The molecule has 13 heavy (non-hydrogen) atoms. The van der Waals surface area contributed by atoms with Gasteiger partial charge in [-0.2, -0.15) is 13.2 Å². The lowest BCUT2D eigenvalue weighted by Gasteiger charge is -2.03. The fraction of sp³-hybridized carbons (Fsp3) is 0.286. The number of thiophene rings is 1. The molecule has 0 spiro atoms. The molecule has 0 N–H and O–H groups in total. The molecule has 1 heterocycles. The molecule has 0 aliphatic rings. The Morgan fingerprint density at radius 1 is 1.46 bits per heavy atom. The van der Waals surface area contributed by atoms with Crippen LogP contribution in [0.5, 0.6) is 5.06 Å². The molecule has 0 aromatic carbocycles. The summed E-state index contributed by atoms with van der Waals surface area (Å²) in [5.74, 6) is -2.19. The Hall–Kier alpha value is -1.04. The Kier molecular flexibility index (Phi) is 2.60. The summed E-state index contributed by atoms with van der Waals surface area (Å²) in [7, 11) is 0. The van der Waals surface area contributed by atoms with E-state index in [0.717, 1.165) is 16.2 Å². The van der Waals surface area contributed by atoms with E-state index in [2.05, 4.69) is 4.74 Å². The lowest BCUT2D eigenvalue weighted by Crippen LogP contribution is -2.27. The maximum atomic E-state index is 11.7. The van der Waals surface area contributed by atoms with Crippen molar-refractivity contribution in [2.75, 3.05) is 0 Å². The maximum Gasteiger partial charge on any atom is 0.491 e. The van der Waals surface area contributed by atoms with Crippen LogP contribution in [0.1, 0.15) is 4.88 Å². The third-order valence-corrected chi connectivity index (χ3v) is 2.02. The van der Waals surface area contributed by atoms with Gasteiger partial charge in [0, 0.05) is 4.88 Å². The summed E-state index contributed by atoms with van der Waals surface area (Å²) in [5.41, 5.74) is 0. The van der Waals surface area contributed by atoms with E-state index in [-0.39, 0.29) is 5.06 Å². The number of carbonyl (C=O) groups is 1. The molecule has 6 heteroatoms. The summed E-state index contributed by atoms with van der Waals surface area (Å²) in [4.78, 5) is 11.1. The van der Waals surface area contributed by atoms with E-state index >= 15 is 0 Å². The van der Waals surface area contributed by atoms with Gasteiger partial charge in [-0.05, 0) is 19.1 Å². The van der Waals surface area contributed by atoms with Crippen LogP contribution in [0, 0.1) is 6.92 Å². The first kappa shape index (κ1) is 10.0. The SMILES string of the molecule is Cc1ccc(OC(=O)C(F)(F)F)s1. The van der Waals surface area contributed by atoms with Crippen molar-refractivity contribution in [3.63, 3.8) is 0 Å². The first-order chi connectivity index (χ1) is 5.89. The van der Waals surface area contributed by atoms with Crippen molar-refractivity contribution in [1.82, 2.24) is 0 Å². The van der Waals surface area contributed by atoms with Crippen LogP contribution in [0.15, 0.2) is 12.1 Å². The molecule has 1 aromatic rings. The van der Waals surface area contributed by atoms with Crippen molar-refractivity contribution in [3.05, 3.63) is 17.0 Å². The van der Waals surface area contributed by atoms with E-state index < -0.39 is 12.1 Å². The van der Waals surface area contributed by atoms with Gasteiger partial charge < -0.3 is 4.74 Å². The molecule has 0 bridgehead atoms. The summed E-state index contributed by atoms with van der Waals surface area (Å²) < 4.78 is 39.1. The van der Waals surface area contributed by atoms with Crippen LogP contribution in [0.4, 0.5) is 13.2 Å². The minimum absolute atomic E-state index is 0.0418. The number of esters is 1. The first-order valence-electron chi connectivity index (χ1n) is 3.25. The van der Waals surface area contributed by atoms with E-state index in [4.69, 9.17) is 0 Å². The summed E-state index contributed by atoms with van der Waals surface area (Å²) in [5, 5.41) is -0.0418. The Bertz CT molecular complexity index is 316. The number of hydrogen-bond acceptors (Lipinski definition) is 3. The minimum Gasteiger partial charge on any atom is -0.409 e. The Labute approximate surface area is 75.9 Å². The molecule has 0 amide bonds. The Morgan fingerprint density at radius 3 is 2.46 bits per heavy atom. The van der Waals surface area contributed by atoms with Crippen LogP contribution in [0.25, 0.3) is 0 Å². The zero-order valence-corrected chi connectivity index (χ0v) is 7.33. The molecule has 0 unspecified atom stereocenters. The monoisotopic (exact) mass is 210 g/mol. The van der Waals surface area contributed by atoms with Gasteiger partial charge in [0.05, 0.1) is 0 Å². The Balaban J connectivity index is 2.65. The fourth-order valence-corrected chi connectivity index (χ4v) is 1.32. The van der Waals surface area contributed by atoms with Gasteiger partial charge in [-0.3, -0.25) is 0 Å². The fourth-order valence-electron chi connectivity index (χ4n) is 0.616. The lowest BCUT2D eigenvalue weighted by molar-refractivity contribution is -0.189. The predicted octanol–water partition coefficient (Wildman–Crippen LogP) is 2.52. The molecule has 0 aliphatic heterocycles. The third-order valence-electron chi connectivity index (χ3n) is 1.14. The van der Waals surface area contributed by atoms with Crippen molar-refractivity contribution >= 4 is 17.3 Å². The number of carbonyl (C=O) groups excluding carboxylic acids is 1. The summed E-state index contributed by atoms with van der Waals surface area (Å²) >= 11 is 0.989. The molecule has 0 fully saturated rings. The lowest BCUT2D eigenvalue weighted by atomic mass is 10.5. The standard InChI is InChI=1S/C7H5F3O2S/c1-4-2-3-5(13-4)12-6(11)7(8,9)10/h2-3H,1H3. The van der Waals surface area contributed by atoms with Crippen LogP contribution in [0.3, 0.4) is 0 Å². The van der Waals surface area contributed by atoms with E-state index in [1.807, 2.05) is 0 Å². The second kappa shape index (κ2) is 3.37. The molecule has 2 nitrogen and oxygen atoms in total. The summed E-state index contributed by atoms with van der Waals surface area (Å²) in [6, 6.07) is 2.90. The molecule has 1 rings (SSSR count). The first-order valence-corrected chi connectivity index (χ1v) is 4.06. The van der Waals surface area contributed by atoms with Gasteiger partial charge in [-0.25, -0.2) is 4.79 Å². The molecular weight excluding hydrogens is 205 g/mol. The molecule has 0 radical (unpaired) electrons. The molecule has 0 aliphatic carbocycles. The molecule has 72 valence electrons. The second-order valence-corrected chi connectivity index (χ2v) is 3.50. The van der Waals surface area contributed by atoms with Crippen molar-refractivity contribution in [1.29, 1.82) is 0 Å². The summed E-state index contributed by atoms with van der Waals surface area (Å²) in [6.07, 6.45) is -4.93. The second-order valence-electron chi connectivity index (χ2n) is 2.25. The largest absolute Gasteiger partial charge is 0.491 e. The number of alkyl halides is 3. The van der Waals surface area contributed by atoms with Gasteiger partial charge in [0.25, 0.3) is 0 Å². The Morgan fingerprint density at radius 2 is 2.08 bits per heavy atom. The van der Waals surface area contributed by atoms with Crippen LogP contribution in [0.2, 0.25) is 0 Å². The minimum atomic E-state index is -4.93. The van der Waals surface area contributed by atoms with E-state index in [9.17, 15) is 18.0 Å². The van der Waals surface area contributed by atoms with Gasteiger partial charge in [0.15, 0.2) is 5.06 Å². The van der Waals surface area contributed by atoms with Gasteiger partial charge in [-0.1, -0.05) is 0 Å². The number of ether oxygens (including phenoxy) is 1. The average molecular weight is 210 g/mol. The maximum absolute atomic E-state index is 11.7. The van der Waals surface area contributed by atoms with Gasteiger partial charge >= 0.3 is 12.1 Å². The normalized spacial score (nSPS) is 11.4. The molecular formula is C7H5F3O2S. The van der Waals surface area contributed by atoms with Crippen LogP contribution in [-0.4, -0.2) is 12.1 Å². The zero-order valence-electron chi connectivity index (χ0n) is 6.51. The molecule has 0 saturated heterocycles. The van der Waals surface area contributed by atoms with Crippen LogP contribution >= 0.6 is 11.3 Å². The van der Waals surface area contributed by atoms with Gasteiger partial charge in [0.1, 0.15) is 0 Å². The molecule has 0 saturated carbocycles. The van der Waals surface area contributed by atoms with Gasteiger partial charge in [-0.15, -0.1) is 11.3 Å². The highest BCUT2D eigenvalue weighted by atomic mass is 32.1. The van der Waals surface area contributed by atoms with Gasteiger partial charge in [0.2, 0.25) is 0 Å². The highest BCUT2D eigenvalue weighted by Crippen LogP contribution is 2.26. The quantitative estimate of drug-likeness (QED) is 0.666. The van der Waals surface area contributed by atoms with Crippen molar-refractivity contribution in [2.24, 2.45) is 0 Å². The predicted molar refractivity (Wildman–Crippen MR) is 40.7 cm³/mol. The highest BCUT2D eigenvalue weighted by molar-refractivity contribution is 7.13. The smallest absolute Gasteiger partial charge is 0.409 e.